The molecule has 0 saturated carbocycles. The van der Waals surface area contributed by atoms with E-state index < -0.39 is 22.0 Å². The first-order valence-corrected chi connectivity index (χ1v) is 12.8. The number of sulfonamides is 1. The van der Waals surface area contributed by atoms with Crippen LogP contribution in [0.4, 0.5) is 11.4 Å². The number of thiazole rings is 1. The van der Waals surface area contributed by atoms with Crippen molar-refractivity contribution in [1.82, 2.24) is 4.57 Å². The fraction of sp³-hybridized carbons (Fsp3) is 0.333. The molecule has 0 aliphatic heterocycles. The molecule has 3 aromatic rings. The van der Waals surface area contributed by atoms with Gasteiger partial charge in [0.15, 0.2) is 0 Å². The molecule has 2 aromatic carbocycles. The van der Waals surface area contributed by atoms with Gasteiger partial charge in [0.25, 0.3) is 0 Å². The Bertz CT molecular complexity index is 1330. The van der Waals surface area contributed by atoms with E-state index in [1.807, 2.05) is 13.8 Å². The lowest BCUT2D eigenvalue weighted by Gasteiger charge is -2.28. The molecule has 0 aliphatic rings. The summed E-state index contributed by atoms with van der Waals surface area (Å²) >= 11 is 7.25. The van der Waals surface area contributed by atoms with Crippen molar-refractivity contribution in [2.75, 3.05) is 23.0 Å². The largest absolute Gasteiger partial charge is 0.495 e. The first-order chi connectivity index (χ1) is 14.9. The van der Waals surface area contributed by atoms with Gasteiger partial charge in [0.2, 0.25) is 15.9 Å². The average molecular weight is 498 g/mol. The van der Waals surface area contributed by atoms with E-state index in [9.17, 15) is 18.0 Å². The predicted molar refractivity (Wildman–Crippen MR) is 130 cm³/mol. The van der Waals surface area contributed by atoms with E-state index in [0.717, 1.165) is 32.1 Å². The number of methoxy groups -OCH3 is 1. The molecule has 0 unspecified atom stereocenters. The van der Waals surface area contributed by atoms with Crippen LogP contribution in [0.25, 0.3) is 10.2 Å². The van der Waals surface area contributed by atoms with Gasteiger partial charge in [-0.25, -0.2) is 8.42 Å². The second-order valence-electron chi connectivity index (χ2n) is 7.56. The summed E-state index contributed by atoms with van der Waals surface area (Å²) in [6.07, 6.45) is 1.02. The Balaban J connectivity index is 1.91. The van der Waals surface area contributed by atoms with E-state index in [1.165, 1.54) is 32.2 Å². The molecule has 0 spiro atoms. The summed E-state index contributed by atoms with van der Waals surface area (Å²) in [5.41, 5.74) is 1.49. The Labute approximate surface area is 195 Å². The maximum Gasteiger partial charge on any atom is 0.308 e. The summed E-state index contributed by atoms with van der Waals surface area (Å²) in [6.45, 7) is 5.34. The molecule has 3 rings (SSSR count). The minimum Gasteiger partial charge on any atom is -0.495 e. The molecule has 1 atom stereocenters. The molecule has 0 radical (unpaired) electrons. The van der Waals surface area contributed by atoms with Gasteiger partial charge in [-0.3, -0.25) is 18.5 Å². The van der Waals surface area contributed by atoms with E-state index in [0.29, 0.717) is 11.4 Å². The first kappa shape index (κ1) is 24.1. The number of anilines is 2. The van der Waals surface area contributed by atoms with Crippen LogP contribution in [-0.2, 0) is 14.8 Å². The molecular formula is C21H24ClN3O5S2. The van der Waals surface area contributed by atoms with Crippen LogP contribution in [0.15, 0.2) is 41.2 Å². The number of nitrogens with zero attached hydrogens (tertiary/aromatic N) is 2. The topological polar surface area (TPSA) is 97.7 Å². The van der Waals surface area contributed by atoms with Crippen molar-refractivity contribution in [2.45, 2.75) is 32.9 Å². The van der Waals surface area contributed by atoms with E-state index in [4.69, 9.17) is 16.3 Å². The number of nitrogens with one attached hydrogen (secondary N) is 1. The number of ether oxygens (including phenoxy) is 1. The van der Waals surface area contributed by atoms with Gasteiger partial charge in [-0.2, -0.15) is 0 Å². The molecule has 172 valence electrons. The predicted octanol–water partition coefficient (Wildman–Crippen LogP) is 4.10. The van der Waals surface area contributed by atoms with Crippen LogP contribution in [0.5, 0.6) is 5.75 Å². The van der Waals surface area contributed by atoms with E-state index in [-0.39, 0.29) is 21.6 Å². The number of halogens is 1. The molecule has 11 heteroatoms. The number of carbonyl (C=O) groups excluding carboxylic acids is 1. The lowest BCUT2D eigenvalue weighted by molar-refractivity contribution is -0.116. The summed E-state index contributed by atoms with van der Waals surface area (Å²) in [7, 11) is -2.35. The van der Waals surface area contributed by atoms with Crippen molar-refractivity contribution in [2.24, 2.45) is 0 Å². The number of aromatic nitrogens is 1. The Hall–Kier alpha value is -2.56. The standard InChI is InChI=1S/C21H24ClN3O5S2/c1-12(2)24-17-8-6-14(10-19(17)31-21(24)27)23-20(26)13(3)25(32(5,28)29)15-7-9-18(30-4)16(22)11-15/h6-13H,1-5H3,(H,23,26)/t13-/m1/s1. The van der Waals surface area contributed by atoms with Crippen LogP contribution in [0, 0.1) is 0 Å². The minimum atomic E-state index is -3.81. The fourth-order valence-corrected chi connectivity index (χ4v) is 5.92. The highest BCUT2D eigenvalue weighted by Crippen LogP contribution is 2.31. The van der Waals surface area contributed by atoms with Crippen molar-refractivity contribution in [1.29, 1.82) is 0 Å². The number of fused-ring (bicyclic) bond motifs is 1. The minimum absolute atomic E-state index is 0.0105. The Kier molecular flexibility index (Phi) is 6.87. The molecule has 8 nitrogen and oxygen atoms in total. The number of rotatable bonds is 7. The molecule has 1 aromatic heterocycles. The fourth-order valence-electron chi connectivity index (χ4n) is 3.45. The van der Waals surface area contributed by atoms with Crippen molar-refractivity contribution in [3.63, 3.8) is 0 Å². The van der Waals surface area contributed by atoms with Gasteiger partial charge in [0.1, 0.15) is 11.8 Å². The highest BCUT2D eigenvalue weighted by molar-refractivity contribution is 7.92. The van der Waals surface area contributed by atoms with Gasteiger partial charge in [0.05, 0.1) is 34.3 Å². The Morgan fingerprint density at radius 1 is 1.19 bits per heavy atom. The van der Waals surface area contributed by atoms with Crippen molar-refractivity contribution >= 4 is 60.5 Å². The van der Waals surface area contributed by atoms with Crippen LogP contribution in [-0.4, -0.2) is 38.3 Å². The summed E-state index contributed by atoms with van der Waals surface area (Å²) in [6, 6.07) is 8.60. The normalized spacial score (nSPS) is 12.7. The number of benzene rings is 2. The Morgan fingerprint density at radius 2 is 1.88 bits per heavy atom. The SMILES string of the molecule is COc1ccc(N([C@H](C)C(=O)Nc2ccc3c(c2)sc(=O)n3C(C)C)S(C)(=O)=O)cc1Cl. The molecule has 0 bridgehead atoms. The third-order valence-corrected chi connectivity index (χ3v) is 7.33. The Morgan fingerprint density at radius 3 is 2.44 bits per heavy atom. The van der Waals surface area contributed by atoms with E-state index >= 15 is 0 Å². The second kappa shape index (κ2) is 9.13. The molecule has 1 heterocycles. The molecule has 32 heavy (non-hydrogen) atoms. The number of hydrogen-bond acceptors (Lipinski definition) is 6. The van der Waals surface area contributed by atoms with Crippen molar-refractivity contribution in [3.8, 4) is 5.75 Å². The van der Waals surface area contributed by atoms with Gasteiger partial charge in [-0.05, 0) is 57.2 Å². The molecule has 0 saturated heterocycles. The second-order valence-corrected chi connectivity index (χ2v) is 10.8. The smallest absolute Gasteiger partial charge is 0.308 e. The molecular weight excluding hydrogens is 474 g/mol. The van der Waals surface area contributed by atoms with Crippen molar-refractivity contribution < 1.29 is 17.9 Å². The van der Waals surface area contributed by atoms with Gasteiger partial charge in [-0.15, -0.1) is 0 Å². The van der Waals surface area contributed by atoms with Crippen LogP contribution < -0.4 is 19.2 Å². The van der Waals surface area contributed by atoms with Gasteiger partial charge in [0, 0.05) is 11.7 Å². The highest BCUT2D eigenvalue weighted by Gasteiger charge is 2.30. The molecule has 0 aliphatic carbocycles. The van der Waals surface area contributed by atoms with Crippen molar-refractivity contribution in [3.05, 3.63) is 51.1 Å². The van der Waals surface area contributed by atoms with Crippen LogP contribution in [0.1, 0.15) is 26.8 Å². The summed E-state index contributed by atoms with van der Waals surface area (Å²) in [5, 5.41) is 2.97. The third-order valence-electron chi connectivity index (χ3n) is 4.88. The zero-order valence-corrected chi connectivity index (χ0v) is 20.6. The summed E-state index contributed by atoms with van der Waals surface area (Å²) in [4.78, 5) is 25.1. The van der Waals surface area contributed by atoms with Gasteiger partial charge >= 0.3 is 4.87 Å². The lowest BCUT2D eigenvalue weighted by Crippen LogP contribution is -2.45. The first-order valence-electron chi connectivity index (χ1n) is 9.73. The molecule has 0 fully saturated rings. The maximum absolute atomic E-state index is 13.0. The maximum atomic E-state index is 13.0. The average Bonchev–Trinajstić information content (AvgIpc) is 3.02. The lowest BCUT2D eigenvalue weighted by atomic mass is 10.2. The van der Waals surface area contributed by atoms with Gasteiger partial charge in [-0.1, -0.05) is 22.9 Å². The van der Waals surface area contributed by atoms with Crippen LogP contribution >= 0.6 is 22.9 Å². The summed E-state index contributed by atoms with van der Waals surface area (Å²) in [5.74, 6) is -0.140. The van der Waals surface area contributed by atoms with Crippen LogP contribution in [0.3, 0.4) is 0 Å². The van der Waals surface area contributed by atoms with Crippen LogP contribution in [0.2, 0.25) is 5.02 Å². The van der Waals surface area contributed by atoms with Gasteiger partial charge < -0.3 is 10.1 Å². The third kappa shape index (κ3) is 4.77. The monoisotopic (exact) mass is 497 g/mol. The zero-order valence-electron chi connectivity index (χ0n) is 18.2. The zero-order chi connectivity index (χ0) is 23.8. The molecule has 1 amide bonds. The number of carbonyl (C=O) groups is 1. The number of hydrogen-bond donors (Lipinski definition) is 1. The molecule has 1 N–H and O–H groups in total. The van der Waals surface area contributed by atoms with E-state index in [2.05, 4.69) is 5.32 Å². The number of amides is 1. The quantitative estimate of drug-likeness (QED) is 0.530. The summed E-state index contributed by atoms with van der Waals surface area (Å²) < 4.78 is 33.6. The van der Waals surface area contributed by atoms with E-state index in [1.54, 1.807) is 22.8 Å². The highest BCUT2D eigenvalue weighted by atomic mass is 35.5.